The minimum absolute atomic E-state index is 0.686. The number of allylic oxidation sites excluding steroid dienone is 2. The van der Waals surface area contributed by atoms with Crippen LogP contribution in [0.2, 0.25) is 0 Å². The third-order valence-electron chi connectivity index (χ3n) is 2.80. The Morgan fingerprint density at radius 2 is 1.60 bits per heavy atom. The monoisotopic (exact) mass is 209 g/mol. The van der Waals surface area contributed by atoms with Crippen LogP contribution in [0, 0.1) is 5.92 Å². The zero-order chi connectivity index (χ0) is 11.5. The van der Waals surface area contributed by atoms with Crippen LogP contribution in [-0.2, 0) is 0 Å². The second kappa shape index (κ2) is 9.95. The van der Waals surface area contributed by atoms with Crippen molar-refractivity contribution >= 4 is 6.21 Å². The van der Waals surface area contributed by atoms with Crippen LogP contribution < -0.4 is 0 Å². The molecule has 0 saturated heterocycles. The predicted octanol–water partition coefficient (Wildman–Crippen LogP) is 4.98. The largest absolute Gasteiger partial charge is 0.266 e. The average Bonchev–Trinajstić information content (AvgIpc) is 2.27. The van der Waals surface area contributed by atoms with Crippen molar-refractivity contribution in [1.82, 2.24) is 0 Å². The maximum absolute atomic E-state index is 4.48. The van der Waals surface area contributed by atoms with E-state index in [1.165, 1.54) is 44.2 Å². The molecular formula is C14H27N. The highest BCUT2D eigenvalue weighted by Crippen LogP contribution is 2.24. The maximum atomic E-state index is 4.48. The molecule has 0 spiro atoms. The van der Waals surface area contributed by atoms with Gasteiger partial charge >= 0.3 is 0 Å². The molecule has 0 saturated carbocycles. The van der Waals surface area contributed by atoms with Crippen molar-refractivity contribution in [3.05, 3.63) is 11.8 Å². The molecule has 0 atom stereocenters. The van der Waals surface area contributed by atoms with E-state index in [0.717, 1.165) is 0 Å². The summed E-state index contributed by atoms with van der Waals surface area (Å²) in [6.07, 6.45) is 11.9. The van der Waals surface area contributed by atoms with Gasteiger partial charge in [0.05, 0.1) is 0 Å². The van der Waals surface area contributed by atoms with Crippen molar-refractivity contribution in [2.24, 2.45) is 10.9 Å². The Kier molecular flexibility index (Phi) is 9.55. The van der Waals surface area contributed by atoms with Crippen molar-refractivity contribution in [1.29, 1.82) is 0 Å². The first kappa shape index (κ1) is 14.4. The summed E-state index contributed by atoms with van der Waals surface area (Å²) in [5, 5.41) is 0. The van der Waals surface area contributed by atoms with Gasteiger partial charge in [-0.25, -0.2) is 0 Å². The Bertz CT molecular complexity index is 184. The first-order valence-corrected chi connectivity index (χ1v) is 6.44. The van der Waals surface area contributed by atoms with Gasteiger partial charge in [0, 0.05) is 17.8 Å². The Morgan fingerprint density at radius 3 is 1.93 bits per heavy atom. The van der Waals surface area contributed by atoms with Crippen LogP contribution in [0.3, 0.4) is 0 Å². The molecule has 0 N–H and O–H groups in total. The highest BCUT2D eigenvalue weighted by molar-refractivity contribution is 5.55. The van der Waals surface area contributed by atoms with Crippen molar-refractivity contribution in [2.75, 3.05) is 0 Å². The molecule has 0 fully saturated rings. The van der Waals surface area contributed by atoms with E-state index in [1.807, 2.05) is 13.1 Å². The molecule has 0 heterocycles. The van der Waals surface area contributed by atoms with Crippen LogP contribution in [0.1, 0.15) is 66.2 Å². The van der Waals surface area contributed by atoms with E-state index in [-0.39, 0.29) is 0 Å². The van der Waals surface area contributed by atoms with Crippen molar-refractivity contribution < 1.29 is 0 Å². The lowest BCUT2D eigenvalue weighted by molar-refractivity contribution is 0.472. The average molecular weight is 209 g/mol. The fourth-order valence-corrected chi connectivity index (χ4v) is 1.91. The number of nitrogens with zero attached hydrogens (tertiary/aromatic N) is 1. The molecule has 0 amide bonds. The van der Waals surface area contributed by atoms with Crippen LogP contribution in [0.15, 0.2) is 16.8 Å². The molecule has 0 aliphatic heterocycles. The lowest BCUT2D eigenvalue weighted by atomic mass is 9.93. The summed E-state index contributed by atoms with van der Waals surface area (Å²) >= 11 is 0. The quantitative estimate of drug-likeness (QED) is 0.500. The van der Waals surface area contributed by atoms with Crippen LogP contribution >= 0.6 is 0 Å². The van der Waals surface area contributed by atoms with Crippen molar-refractivity contribution in [3.8, 4) is 0 Å². The number of hydrogen-bond acceptors (Lipinski definition) is 1. The molecular weight excluding hydrogens is 182 g/mol. The minimum Gasteiger partial charge on any atom is -0.266 e. The summed E-state index contributed by atoms with van der Waals surface area (Å²) in [6, 6.07) is 0. The van der Waals surface area contributed by atoms with Gasteiger partial charge in [-0.1, -0.05) is 45.6 Å². The summed E-state index contributed by atoms with van der Waals surface area (Å²) < 4.78 is 0. The number of unbranched alkanes of at least 4 members (excludes halogenated alkanes) is 2. The highest BCUT2D eigenvalue weighted by Gasteiger charge is 2.11. The van der Waals surface area contributed by atoms with E-state index in [9.17, 15) is 0 Å². The molecule has 0 aliphatic carbocycles. The predicted molar refractivity (Wildman–Crippen MR) is 70.5 cm³/mol. The molecule has 0 radical (unpaired) electrons. The van der Waals surface area contributed by atoms with Gasteiger partial charge in [0.1, 0.15) is 0 Å². The summed E-state index contributed by atoms with van der Waals surface area (Å²) in [4.78, 5) is 4.48. The smallest absolute Gasteiger partial charge is 0.0387 e. The molecule has 0 unspecified atom stereocenters. The third kappa shape index (κ3) is 6.48. The molecule has 1 heteroatoms. The number of aliphatic imine (C=N–C) groups is 1. The van der Waals surface area contributed by atoms with Crippen LogP contribution in [0.25, 0.3) is 0 Å². The third-order valence-corrected chi connectivity index (χ3v) is 2.80. The Labute approximate surface area is 95.7 Å². The summed E-state index contributed by atoms with van der Waals surface area (Å²) in [5.74, 6) is 0.686. The highest BCUT2D eigenvalue weighted by atomic mass is 14.7. The zero-order valence-electron chi connectivity index (χ0n) is 10.9. The van der Waals surface area contributed by atoms with Gasteiger partial charge in [-0.2, -0.15) is 0 Å². The SMILES string of the molecule is CC=N/C(=C\C)C(CCCC)CCCC. The van der Waals surface area contributed by atoms with Gasteiger partial charge in [0.2, 0.25) is 0 Å². The van der Waals surface area contributed by atoms with Crippen LogP contribution in [0.4, 0.5) is 0 Å². The van der Waals surface area contributed by atoms with Crippen molar-refractivity contribution in [3.63, 3.8) is 0 Å². The molecule has 0 aromatic carbocycles. The summed E-state index contributed by atoms with van der Waals surface area (Å²) in [5.41, 5.74) is 1.29. The topological polar surface area (TPSA) is 12.4 Å². The molecule has 0 aliphatic rings. The molecule has 0 aromatic heterocycles. The van der Waals surface area contributed by atoms with Crippen LogP contribution in [0.5, 0.6) is 0 Å². The van der Waals surface area contributed by atoms with Crippen molar-refractivity contribution in [2.45, 2.75) is 66.2 Å². The second-order valence-corrected chi connectivity index (χ2v) is 4.08. The van der Waals surface area contributed by atoms with Gasteiger partial charge in [-0.15, -0.1) is 0 Å². The van der Waals surface area contributed by atoms with Gasteiger partial charge in [0.15, 0.2) is 0 Å². The van der Waals surface area contributed by atoms with E-state index in [0.29, 0.717) is 5.92 Å². The Morgan fingerprint density at radius 1 is 1.07 bits per heavy atom. The fourth-order valence-electron chi connectivity index (χ4n) is 1.91. The Hall–Kier alpha value is -0.590. The minimum atomic E-state index is 0.686. The van der Waals surface area contributed by atoms with Gasteiger partial charge in [0.25, 0.3) is 0 Å². The lowest BCUT2D eigenvalue weighted by Gasteiger charge is -2.16. The molecule has 1 nitrogen and oxygen atoms in total. The lowest BCUT2D eigenvalue weighted by Crippen LogP contribution is -2.03. The molecule has 0 aromatic rings. The van der Waals surface area contributed by atoms with Gasteiger partial charge < -0.3 is 0 Å². The molecule has 0 rings (SSSR count). The standard InChI is InChI=1S/C14H27N/c1-5-9-11-13(12-10-6-2)14(7-3)15-8-4/h7-8,13H,5-6,9-12H2,1-4H3/b14-7-,15-8?. The summed E-state index contributed by atoms with van der Waals surface area (Å²) in [7, 11) is 0. The first-order chi connectivity index (χ1) is 7.29. The van der Waals surface area contributed by atoms with E-state index >= 15 is 0 Å². The molecule has 15 heavy (non-hydrogen) atoms. The van der Waals surface area contributed by atoms with E-state index in [4.69, 9.17) is 0 Å². The fraction of sp³-hybridized carbons (Fsp3) is 0.786. The first-order valence-electron chi connectivity index (χ1n) is 6.44. The van der Waals surface area contributed by atoms with Crippen LogP contribution in [-0.4, -0.2) is 6.21 Å². The van der Waals surface area contributed by atoms with Gasteiger partial charge in [-0.3, -0.25) is 4.99 Å². The van der Waals surface area contributed by atoms with E-state index in [2.05, 4.69) is 31.8 Å². The normalized spacial score (nSPS) is 13.0. The summed E-state index contributed by atoms with van der Waals surface area (Å²) in [6.45, 7) is 8.62. The van der Waals surface area contributed by atoms with E-state index < -0.39 is 0 Å². The maximum Gasteiger partial charge on any atom is 0.0387 e. The number of hydrogen-bond donors (Lipinski definition) is 0. The van der Waals surface area contributed by atoms with Gasteiger partial charge in [-0.05, 0) is 26.7 Å². The van der Waals surface area contributed by atoms with E-state index in [1.54, 1.807) is 0 Å². The molecule has 0 bridgehead atoms. The Balaban J connectivity index is 4.29. The number of rotatable bonds is 8. The second-order valence-electron chi connectivity index (χ2n) is 4.08. The molecule has 88 valence electrons. The zero-order valence-corrected chi connectivity index (χ0v) is 10.9.